The Bertz CT molecular complexity index is 186. The molecule has 1 heterocycles. The van der Waals surface area contributed by atoms with Gasteiger partial charge in [-0.25, -0.2) is 0 Å². The lowest BCUT2D eigenvalue weighted by atomic mass is 9.96. The number of nitrogens with two attached hydrogens (primary N) is 1. The predicted molar refractivity (Wildman–Crippen MR) is 47.7 cm³/mol. The van der Waals surface area contributed by atoms with Crippen LogP contribution in [0.3, 0.4) is 0 Å². The van der Waals surface area contributed by atoms with E-state index < -0.39 is 5.54 Å². The maximum absolute atomic E-state index is 5.99. The highest BCUT2D eigenvalue weighted by atomic mass is 15.1. The summed E-state index contributed by atoms with van der Waals surface area (Å²) in [4.78, 5) is 4.26. The van der Waals surface area contributed by atoms with Crippen LogP contribution in [0, 0.1) is 0 Å². The van der Waals surface area contributed by atoms with Gasteiger partial charge in [0.25, 0.3) is 0 Å². The van der Waals surface area contributed by atoms with Crippen LogP contribution in [0.5, 0.6) is 0 Å². The van der Waals surface area contributed by atoms with E-state index in [4.69, 9.17) is 5.73 Å². The lowest BCUT2D eigenvalue weighted by Crippen LogP contribution is -2.50. The molecule has 1 rings (SSSR count). The van der Waals surface area contributed by atoms with Crippen LogP contribution in [0.15, 0.2) is 17.6 Å². The highest BCUT2D eigenvalue weighted by molar-refractivity contribution is 5.94. The third-order valence-corrected chi connectivity index (χ3v) is 2.06. The van der Waals surface area contributed by atoms with E-state index in [-0.39, 0.29) is 0 Å². The summed E-state index contributed by atoms with van der Waals surface area (Å²) in [6.07, 6.45) is 2.59. The molecule has 0 bridgehead atoms. The Morgan fingerprint density at radius 1 is 1.91 bits per heavy atom. The van der Waals surface area contributed by atoms with Gasteiger partial charge in [0.05, 0.1) is 12.1 Å². The molecule has 3 nitrogen and oxygen atoms in total. The standard InChI is InChI=1S/C8H15N3/c1-3-8(9,4-2)7-10-5-6-11-7/h3H,1,4-6,9H2,2H3,(H,10,11). The topological polar surface area (TPSA) is 50.4 Å². The normalized spacial score (nSPS) is 21.8. The zero-order valence-electron chi connectivity index (χ0n) is 6.93. The van der Waals surface area contributed by atoms with Crippen molar-refractivity contribution >= 4 is 5.84 Å². The van der Waals surface area contributed by atoms with Crippen molar-refractivity contribution in [2.75, 3.05) is 13.1 Å². The fourth-order valence-electron chi connectivity index (χ4n) is 1.12. The van der Waals surface area contributed by atoms with E-state index in [0.717, 1.165) is 25.3 Å². The molecule has 0 fully saturated rings. The molecule has 11 heavy (non-hydrogen) atoms. The predicted octanol–water partition coefficient (Wildman–Crippen LogP) is 0.282. The van der Waals surface area contributed by atoms with Gasteiger partial charge in [-0.1, -0.05) is 13.0 Å². The van der Waals surface area contributed by atoms with Crippen LogP contribution in [0.1, 0.15) is 13.3 Å². The van der Waals surface area contributed by atoms with Crippen molar-refractivity contribution in [1.82, 2.24) is 5.32 Å². The van der Waals surface area contributed by atoms with E-state index in [0.29, 0.717) is 0 Å². The molecule has 0 spiro atoms. The zero-order chi connectivity index (χ0) is 8.32. The molecule has 0 aromatic heterocycles. The van der Waals surface area contributed by atoms with E-state index in [1.807, 2.05) is 6.92 Å². The minimum atomic E-state index is -0.434. The van der Waals surface area contributed by atoms with Gasteiger partial charge in [-0.2, -0.15) is 0 Å². The summed E-state index contributed by atoms with van der Waals surface area (Å²) in [5.41, 5.74) is 5.56. The van der Waals surface area contributed by atoms with E-state index in [1.54, 1.807) is 6.08 Å². The largest absolute Gasteiger partial charge is 0.370 e. The van der Waals surface area contributed by atoms with Crippen LogP contribution in [-0.2, 0) is 0 Å². The highest BCUT2D eigenvalue weighted by Crippen LogP contribution is 2.10. The van der Waals surface area contributed by atoms with Gasteiger partial charge < -0.3 is 11.1 Å². The summed E-state index contributed by atoms with van der Waals surface area (Å²) in [7, 11) is 0. The van der Waals surface area contributed by atoms with Gasteiger partial charge in [-0.15, -0.1) is 6.58 Å². The highest BCUT2D eigenvalue weighted by Gasteiger charge is 2.27. The van der Waals surface area contributed by atoms with E-state index in [9.17, 15) is 0 Å². The molecule has 1 aliphatic rings. The first-order valence-corrected chi connectivity index (χ1v) is 3.94. The SMILES string of the molecule is C=CC(N)(CC)C1=NCCN1. The van der Waals surface area contributed by atoms with Gasteiger partial charge in [-0.05, 0) is 6.42 Å². The lowest BCUT2D eigenvalue weighted by Gasteiger charge is -2.23. The summed E-state index contributed by atoms with van der Waals surface area (Å²) in [6.45, 7) is 7.47. The fourth-order valence-corrected chi connectivity index (χ4v) is 1.12. The van der Waals surface area contributed by atoms with Crippen LogP contribution in [0.4, 0.5) is 0 Å². The molecule has 0 amide bonds. The van der Waals surface area contributed by atoms with Gasteiger partial charge in [0.1, 0.15) is 5.84 Å². The van der Waals surface area contributed by atoms with Crippen molar-refractivity contribution in [2.24, 2.45) is 10.7 Å². The molecule has 0 aliphatic carbocycles. The minimum absolute atomic E-state index is 0.434. The molecule has 1 unspecified atom stereocenters. The number of amidine groups is 1. The Morgan fingerprint density at radius 2 is 2.64 bits per heavy atom. The number of aliphatic imine (C=N–C) groups is 1. The smallest absolute Gasteiger partial charge is 0.121 e. The first-order chi connectivity index (χ1) is 5.23. The van der Waals surface area contributed by atoms with Gasteiger partial charge in [-0.3, -0.25) is 4.99 Å². The van der Waals surface area contributed by atoms with Crippen molar-refractivity contribution in [3.05, 3.63) is 12.7 Å². The molecule has 0 saturated heterocycles. The van der Waals surface area contributed by atoms with Crippen LogP contribution < -0.4 is 11.1 Å². The van der Waals surface area contributed by atoms with Crippen molar-refractivity contribution < 1.29 is 0 Å². The second-order valence-corrected chi connectivity index (χ2v) is 2.76. The molecule has 62 valence electrons. The molecule has 3 N–H and O–H groups in total. The maximum atomic E-state index is 5.99. The second kappa shape index (κ2) is 3.05. The number of hydrogen-bond acceptors (Lipinski definition) is 3. The van der Waals surface area contributed by atoms with Crippen molar-refractivity contribution in [1.29, 1.82) is 0 Å². The first-order valence-electron chi connectivity index (χ1n) is 3.94. The Balaban J connectivity index is 2.75. The van der Waals surface area contributed by atoms with Crippen LogP contribution in [0.2, 0.25) is 0 Å². The van der Waals surface area contributed by atoms with Crippen LogP contribution in [0.25, 0.3) is 0 Å². The average Bonchev–Trinajstić information content (AvgIpc) is 2.55. The summed E-state index contributed by atoms with van der Waals surface area (Å²) in [6, 6.07) is 0. The molecular formula is C8H15N3. The summed E-state index contributed by atoms with van der Waals surface area (Å²) >= 11 is 0. The van der Waals surface area contributed by atoms with Crippen molar-refractivity contribution in [3.63, 3.8) is 0 Å². The van der Waals surface area contributed by atoms with Gasteiger partial charge in [0, 0.05) is 6.54 Å². The molecule has 3 heteroatoms. The van der Waals surface area contributed by atoms with E-state index in [2.05, 4.69) is 16.9 Å². The molecule has 0 aromatic carbocycles. The number of nitrogens with one attached hydrogen (secondary N) is 1. The van der Waals surface area contributed by atoms with Crippen LogP contribution >= 0.6 is 0 Å². The molecular weight excluding hydrogens is 138 g/mol. The fraction of sp³-hybridized carbons (Fsp3) is 0.625. The quantitative estimate of drug-likeness (QED) is 0.572. The molecule has 0 radical (unpaired) electrons. The third kappa shape index (κ3) is 1.43. The Morgan fingerprint density at radius 3 is 3.00 bits per heavy atom. The van der Waals surface area contributed by atoms with Crippen LogP contribution in [-0.4, -0.2) is 24.5 Å². The summed E-state index contributed by atoms with van der Waals surface area (Å²) in [5, 5.41) is 3.15. The number of nitrogens with zero attached hydrogens (tertiary/aromatic N) is 1. The number of rotatable bonds is 3. The Labute approximate surface area is 67.4 Å². The Hall–Kier alpha value is -0.830. The molecule has 1 aliphatic heterocycles. The summed E-state index contributed by atoms with van der Waals surface area (Å²) < 4.78 is 0. The van der Waals surface area contributed by atoms with Gasteiger partial charge >= 0.3 is 0 Å². The van der Waals surface area contributed by atoms with E-state index in [1.165, 1.54) is 0 Å². The monoisotopic (exact) mass is 153 g/mol. The Kier molecular flexibility index (Phi) is 2.29. The van der Waals surface area contributed by atoms with Crippen molar-refractivity contribution in [3.8, 4) is 0 Å². The first kappa shape index (κ1) is 8.27. The molecule has 0 saturated carbocycles. The zero-order valence-corrected chi connectivity index (χ0v) is 6.93. The van der Waals surface area contributed by atoms with Gasteiger partial charge in [0.15, 0.2) is 0 Å². The number of hydrogen-bond donors (Lipinski definition) is 2. The molecule has 0 aromatic rings. The van der Waals surface area contributed by atoms with E-state index >= 15 is 0 Å². The minimum Gasteiger partial charge on any atom is -0.370 e. The van der Waals surface area contributed by atoms with Crippen molar-refractivity contribution in [2.45, 2.75) is 18.9 Å². The summed E-state index contributed by atoms with van der Waals surface area (Å²) in [5.74, 6) is 0.884. The lowest BCUT2D eigenvalue weighted by molar-refractivity contribution is 0.654. The second-order valence-electron chi connectivity index (χ2n) is 2.76. The maximum Gasteiger partial charge on any atom is 0.121 e. The molecule has 1 atom stereocenters. The average molecular weight is 153 g/mol. The third-order valence-electron chi connectivity index (χ3n) is 2.06. The van der Waals surface area contributed by atoms with Gasteiger partial charge in [0.2, 0.25) is 0 Å².